The summed E-state index contributed by atoms with van der Waals surface area (Å²) in [6, 6.07) is 21.5. The number of nitrogens with one attached hydrogen (secondary N) is 4. The molecule has 252 valence electrons. The topological polar surface area (TPSA) is 48.1 Å². The smallest absolute Gasteiger partial charge is 0.170 e. The quantitative estimate of drug-likeness (QED) is 0.211. The predicted octanol–water partition coefficient (Wildman–Crippen LogP) is 11.0. The van der Waals surface area contributed by atoms with Crippen molar-refractivity contribution in [1.29, 1.82) is 0 Å². The number of thiocarbonyl (C=S) groups is 2. The van der Waals surface area contributed by atoms with Crippen molar-refractivity contribution >= 4 is 46.0 Å². The van der Waals surface area contributed by atoms with E-state index >= 15 is 0 Å². The Labute approximate surface area is 291 Å². The highest BCUT2D eigenvalue weighted by atomic mass is 32.1. The Morgan fingerprint density at radius 3 is 1.11 bits per heavy atom. The van der Waals surface area contributed by atoms with Gasteiger partial charge in [0.15, 0.2) is 10.2 Å². The molecule has 4 saturated carbocycles. The number of hydrogen-bond acceptors (Lipinski definition) is 2. The van der Waals surface area contributed by atoms with E-state index in [1.54, 1.807) is 0 Å². The first-order valence-electron chi connectivity index (χ1n) is 18.8. The van der Waals surface area contributed by atoms with Gasteiger partial charge in [0.05, 0.1) is 0 Å². The molecular weight excluding hydrogens is 601 g/mol. The lowest BCUT2D eigenvalue weighted by Gasteiger charge is -2.33. The third-order valence-electron chi connectivity index (χ3n) is 11.2. The van der Waals surface area contributed by atoms with Gasteiger partial charge in [0.2, 0.25) is 0 Å². The minimum absolute atomic E-state index is 0.557. The van der Waals surface area contributed by atoms with Gasteiger partial charge in [-0.2, -0.15) is 0 Å². The number of benzene rings is 2. The summed E-state index contributed by atoms with van der Waals surface area (Å²) in [6.07, 6.45) is 28.4. The van der Waals surface area contributed by atoms with Gasteiger partial charge in [-0.1, -0.05) is 101 Å². The van der Waals surface area contributed by atoms with Gasteiger partial charge in [-0.25, -0.2) is 0 Å². The van der Waals surface area contributed by atoms with Crippen LogP contribution in [0.2, 0.25) is 0 Å². The van der Waals surface area contributed by atoms with Crippen molar-refractivity contribution in [3.8, 4) is 0 Å². The highest BCUT2D eigenvalue weighted by Gasteiger charge is 2.26. The second-order valence-corrected chi connectivity index (χ2v) is 15.7. The monoisotopic (exact) mass is 660 g/mol. The van der Waals surface area contributed by atoms with Crippen LogP contribution < -0.4 is 21.3 Å². The van der Waals surface area contributed by atoms with E-state index in [-0.39, 0.29) is 0 Å². The van der Waals surface area contributed by atoms with Crippen LogP contribution in [0.5, 0.6) is 0 Å². The number of anilines is 2. The minimum atomic E-state index is 0.557. The van der Waals surface area contributed by atoms with Crippen LogP contribution in [0.15, 0.2) is 60.7 Å². The maximum atomic E-state index is 5.45. The first kappa shape index (κ1) is 35.1. The SMILES string of the molecule is S=C(Nc1ccccc1)NC1CCC(CC2CCCCC2)CC1.S=C(Nc1ccccc1)NC1CCC(CC2CCCCC2)CC1. The van der Waals surface area contributed by atoms with Crippen molar-refractivity contribution in [3.63, 3.8) is 0 Å². The van der Waals surface area contributed by atoms with Gasteiger partial charge in [-0.15, -0.1) is 0 Å². The molecule has 4 aliphatic carbocycles. The Hall–Kier alpha value is -2.18. The Balaban J connectivity index is 0.000000181. The molecule has 0 unspecified atom stereocenters. The summed E-state index contributed by atoms with van der Waals surface area (Å²) in [7, 11) is 0. The molecule has 0 atom stereocenters. The Kier molecular flexibility index (Phi) is 15.0. The molecule has 0 bridgehead atoms. The van der Waals surface area contributed by atoms with Crippen LogP contribution in [-0.4, -0.2) is 22.3 Å². The molecule has 0 radical (unpaired) electrons. The van der Waals surface area contributed by atoms with Crippen LogP contribution in [0.3, 0.4) is 0 Å². The van der Waals surface area contributed by atoms with Crippen molar-refractivity contribution < 1.29 is 0 Å². The zero-order valence-electron chi connectivity index (χ0n) is 28.2. The van der Waals surface area contributed by atoms with Crippen LogP contribution in [0.1, 0.15) is 128 Å². The highest BCUT2D eigenvalue weighted by molar-refractivity contribution is 7.80. The van der Waals surface area contributed by atoms with E-state index in [9.17, 15) is 0 Å². The summed E-state index contributed by atoms with van der Waals surface area (Å²) in [4.78, 5) is 0. The lowest BCUT2D eigenvalue weighted by molar-refractivity contribution is 0.229. The maximum absolute atomic E-state index is 5.45. The Morgan fingerprint density at radius 1 is 0.435 bits per heavy atom. The Morgan fingerprint density at radius 2 is 0.761 bits per heavy atom. The maximum Gasteiger partial charge on any atom is 0.170 e. The van der Waals surface area contributed by atoms with Crippen molar-refractivity contribution in [1.82, 2.24) is 10.6 Å². The van der Waals surface area contributed by atoms with Crippen LogP contribution in [0, 0.1) is 23.7 Å². The first-order chi connectivity index (χ1) is 22.6. The molecule has 2 aromatic rings. The molecule has 4 nitrogen and oxygen atoms in total. The van der Waals surface area contributed by atoms with E-state index in [0.717, 1.165) is 45.3 Å². The van der Waals surface area contributed by atoms with E-state index in [0.29, 0.717) is 12.1 Å². The molecule has 4 N–H and O–H groups in total. The zero-order chi connectivity index (χ0) is 31.8. The minimum Gasteiger partial charge on any atom is -0.360 e. The molecule has 46 heavy (non-hydrogen) atoms. The summed E-state index contributed by atoms with van der Waals surface area (Å²) in [5, 5.41) is 15.1. The van der Waals surface area contributed by atoms with E-state index < -0.39 is 0 Å². The normalized spacial score (nSPS) is 25.7. The van der Waals surface area contributed by atoms with Gasteiger partial charge in [-0.05, 0) is 137 Å². The molecule has 0 heterocycles. The summed E-state index contributed by atoms with van der Waals surface area (Å²) in [5.41, 5.74) is 2.13. The third kappa shape index (κ3) is 12.8. The van der Waals surface area contributed by atoms with Gasteiger partial charge < -0.3 is 21.3 Å². The molecule has 0 amide bonds. The average molecular weight is 661 g/mol. The molecule has 6 heteroatoms. The average Bonchev–Trinajstić information content (AvgIpc) is 3.09. The summed E-state index contributed by atoms with van der Waals surface area (Å²) >= 11 is 10.9. The van der Waals surface area contributed by atoms with Gasteiger partial charge in [-0.3, -0.25) is 0 Å². The first-order valence-corrected chi connectivity index (χ1v) is 19.7. The fraction of sp³-hybridized carbons (Fsp3) is 0.650. The standard InChI is InChI=1S/2C20H30N2S/c2*23-20(21-18-9-5-2-6-10-18)22-19-13-11-17(12-14-19)15-16-7-3-1-4-8-16/h2*2,5-6,9-10,16-17,19H,1,3-4,7-8,11-15H2,(H2,21,22,23). The second kappa shape index (κ2) is 19.6. The zero-order valence-corrected chi connectivity index (χ0v) is 29.8. The largest absolute Gasteiger partial charge is 0.360 e. The van der Waals surface area contributed by atoms with Gasteiger partial charge in [0.1, 0.15) is 0 Å². The van der Waals surface area contributed by atoms with Crippen LogP contribution in [0.4, 0.5) is 11.4 Å². The number of hydrogen-bond donors (Lipinski definition) is 4. The lowest BCUT2D eigenvalue weighted by Crippen LogP contribution is -2.40. The van der Waals surface area contributed by atoms with Crippen molar-refractivity contribution in [3.05, 3.63) is 60.7 Å². The molecule has 4 aliphatic rings. The molecule has 0 aliphatic heterocycles. The van der Waals surface area contributed by atoms with Crippen molar-refractivity contribution in [2.45, 2.75) is 141 Å². The summed E-state index contributed by atoms with van der Waals surface area (Å²) < 4.78 is 0. The molecule has 2 aromatic carbocycles. The van der Waals surface area contributed by atoms with Crippen LogP contribution in [-0.2, 0) is 0 Å². The summed E-state index contributed by atoms with van der Waals surface area (Å²) in [6.45, 7) is 0. The van der Waals surface area contributed by atoms with Gasteiger partial charge >= 0.3 is 0 Å². The summed E-state index contributed by atoms with van der Waals surface area (Å²) in [5.74, 6) is 3.98. The van der Waals surface area contributed by atoms with Gasteiger partial charge in [0, 0.05) is 23.5 Å². The van der Waals surface area contributed by atoms with Gasteiger partial charge in [0.25, 0.3) is 0 Å². The molecule has 0 aromatic heterocycles. The van der Waals surface area contributed by atoms with E-state index in [1.165, 1.54) is 128 Å². The van der Waals surface area contributed by atoms with E-state index in [4.69, 9.17) is 24.4 Å². The highest BCUT2D eigenvalue weighted by Crippen LogP contribution is 2.36. The lowest BCUT2D eigenvalue weighted by atomic mass is 9.76. The molecule has 6 rings (SSSR count). The fourth-order valence-electron chi connectivity index (χ4n) is 8.62. The fourth-order valence-corrected chi connectivity index (χ4v) is 9.19. The van der Waals surface area contributed by atoms with Crippen molar-refractivity contribution in [2.75, 3.05) is 10.6 Å². The molecule has 4 fully saturated rings. The van der Waals surface area contributed by atoms with Crippen molar-refractivity contribution in [2.24, 2.45) is 23.7 Å². The van der Waals surface area contributed by atoms with Crippen LogP contribution >= 0.6 is 24.4 Å². The molecule has 0 saturated heterocycles. The number of para-hydroxylation sites is 2. The number of rotatable bonds is 8. The third-order valence-corrected chi connectivity index (χ3v) is 11.6. The predicted molar refractivity (Wildman–Crippen MR) is 205 cm³/mol. The second-order valence-electron chi connectivity index (χ2n) is 14.8. The Bertz CT molecular complexity index is 1040. The molecular formula is C40H60N4S2. The van der Waals surface area contributed by atoms with E-state index in [2.05, 4.69) is 45.5 Å². The van der Waals surface area contributed by atoms with Crippen LogP contribution in [0.25, 0.3) is 0 Å². The molecule has 0 spiro atoms. The van der Waals surface area contributed by atoms with E-state index in [1.807, 2.05) is 36.4 Å².